The van der Waals surface area contributed by atoms with Crippen LogP contribution in [-0.2, 0) is 6.42 Å². The fraction of sp³-hybridized carbons (Fsp3) is 0.154. The maximum Gasteiger partial charge on any atom is 0.204 e. The second kappa shape index (κ2) is 4.00. The van der Waals surface area contributed by atoms with Crippen molar-refractivity contribution in [1.29, 1.82) is 5.26 Å². The SMILES string of the molecule is CCc1ccc(-c2nnc3ccc(C#N)cn23)o1. The van der Waals surface area contributed by atoms with Crippen LogP contribution >= 0.6 is 0 Å². The number of pyridine rings is 1. The van der Waals surface area contributed by atoms with Crippen LogP contribution in [0, 0.1) is 11.3 Å². The van der Waals surface area contributed by atoms with Crippen molar-refractivity contribution in [3.05, 3.63) is 41.8 Å². The lowest BCUT2D eigenvalue weighted by Gasteiger charge is -1.97. The predicted octanol–water partition coefficient (Wildman–Crippen LogP) is 2.42. The van der Waals surface area contributed by atoms with Crippen LogP contribution in [0.3, 0.4) is 0 Å². The predicted molar refractivity (Wildman–Crippen MR) is 64.8 cm³/mol. The average molecular weight is 238 g/mol. The van der Waals surface area contributed by atoms with Crippen LogP contribution in [-0.4, -0.2) is 14.6 Å². The molecule has 0 bridgehead atoms. The van der Waals surface area contributed by atoms with E-state index in [0.29, 0.717) is 22.8 Å². The molecule has 18 heavy (non-hydrogen) atoms. The summed E-state index contributed by atoms with van der Waals surface area (Å²) in [5.74, 6) is 2.18. The van der Waals surface area contributed by atoms with E-state index >= 15 is 0 Å². The molecular formula is C13H10N4O. The van der Waals surface area contributed by atoms with Crippen LogP contribution in [0.25, 0.3) is 17.2 Å². The van der Waals surface area contributed by atoms with E-state index in [1.165, 1.54) is 0 Å². The first kappa shape index (κ1) is 10.5. The summed E-state index contributed by atoms with van der Waals surface area (Å²) in [4.78, 5) is 0. The van der Waals surface area contributed by atoms with Crippen LogP contribution in [0.5, 0.6) is 0 Å². The van der Waals surface area contributed by atoms with Gasteiger partial charge in [-0.15, -0.1) is 10.2 Å². The molecule has 0 aromatic carbocycles. The van der Waals surface area contributed by atoms with E-state index in [9.17, 15) is 0 Å². The first-order chi connectivity index (χ1) is 8.81. The van der Waals surface area contributed by atoms with Gasteiger partial charge in [-0.3, -0.25) is 4.40 Å². The molecule has 5 heteroatoms. The Hall–Kier alpha value is -2.61. The van der Waals surface area contributed by atoms with Crippen LogP contribution in [0.1, 0.15) is 18.2 Å². The number of hydrogen-bond acceptors (Lipinski definition) is 4. The zero-order valence-corrected chi connectivity index (χ0v) is 9.79. The highest BCUT2D eigenvalue weighted by Gasteiger charge is 2.12. The van der Waals surface area contributed by atoms with Crippen molar-refractivity contribution in [1.82, 2.24) is 14.6 Å². The molecule has 3 heterocycles. The fourth-order valence-electron chi connectivity index (χ4n) is 1.81. The molecule has 0 saturated carbocycles. The quantitative estimate of drug-likeness (QED) is 0.687. The van der Waals surface area contributed by atoms with Gasteiger partial charge in [-0.2, -0.15) is 5.26 Å². The minimum absolute atomic E-state index is 0.561. The molecule has 88 valence electrons. The number of furan rings is 1. The molecule has 0 spiro atoms. The summed E-state index contributed by atoms with van der Waals surface area (Å²) >= 11 is 0. The number of rotatable bonds is 2. The standard InChI is InChI=1S/C13H10N4O/c1-2-10-4-5-11(18-10)13-16-15-12-6-3-9(7-14)8-17(12)13/h3-6,8H,2H2,1H3. The van der Waals surface area contributed by atoms with Gasteiger partial charge in [-0.1, -0.05) is 6.92 Å². The summed E-state index contributed by atoms with van der Waals surface area (Å²) in [6.45, 7) is 2.03. The van der Waals surface area contributed by atoms with Crippen LogP contribution in [0.2, 0.25) is 0 Å². The monoisotopic (exact) mass is 238 g/mol. The van der Waals surface area contributed by atoms with Gasteiger partial charge in [0.1, 0.15) is 11.8 Å². The van der Waals surface area contributed by atoms with E-state index in [0.717, 1.165) is 12.2 Å². The van der Waals surface area contributed by atoms with Gasteiger partial charge < -0.3 is 4.42 Å². The van der Waals surface area contributed by atoms with Crippen LogP contribution in [0.15, 0.2) is 34.9 Å². The molecule has 0 N–H and O–H groups in total. The Labute approximate surface area is 103 Å². The molecule has 3 aromatic heterocycles. The van der Waals surface area contributed by atoms with Crippen molar-refractivity contribution in [2.45, 2.75) is 13.3 Å². The Bertz CT molecular complexity index is 748. The maximum absolute atomic E-state index is 8.91. The van der Waals surface area contributed by atoms with Gasteiger partial charge in [0.15, 0.2) is 11.4 Å². The van der Waals surface area contributed by atoms with Crippen molar-refractivity contribution in [3.8, 4) is 17.7 Å². The first-order valence-corrected chi connectivity index (χ1v) is 5.66. The highest BCUT2D eigenvalue weighted by molar-refractivity contribution is 5.55. The molecule has 0 saturated heterocycles. The molecule has 3 aromatic rings. The first-order valence-electron chi connectivity index (χ1n) is 5.66. The second-order valence-electron chi connectivity index (χ2n) is 3.90. The van der Waals surface area contributed by atoms with Gasteiger partial charge >= 0.3 is 0 Å². The van der Waals surface area contributed by atoms with Crippen LogP contribution < -0.4 is 0 Å². The molecular weight excluding hydrogens is 228 g/mol. The summed E-state index contributed by atoms with van der Waals surface area (Å²) in [6.07, 6.45) is 2.54. The third-order valence-corrected chi connectivity index (χ3v) is 2.76. The van der Waals surface area contributed by atoms with E-state index in [2.05, 4.69) is 16.3 Å². The summed E-state index contributed by atoms with van der Waals surface area (Å²) in [5.41, 5.74) is 1.25. The van der Waals surface area contributed by atoms with Gasteiger partial charge in [0.2, 0.25) is 5.82 Å². The number of nitriles is 1. The second-order valence-corrected chi connectivity index (χ2v) is 3.90. The van der Waals surface area contributed by atoms with E-state index in [-0.39, 0.29) is 0 Å². The maximum atomic E-state index is 8.91. The van der Waals surface area contributed by atoms with Crippen molar-refractivity contribution in [3.63, 3.8) is 0 Å². The Morgan fingerprint density at radius 1 is 1.28 bits per heavy atom. The number of aryl methyl sites for hydroxylation is 1. The normalized spacial score (nSPS) is 10.7. The minimum atomic E-state index is 0.561. The van der Waals surface area contributed by atoms with Crippen molar-refractivity contribution >= 4 is 5.65 Å². The third-order valence-electron chi connectivity index (χ3n) is 2.76. The topological polar surface area (TPSA) is 67.1 Å². The van der Waals surface area contributed by atoms with Crippen molar-refractivity contribution in [2.24, 2.45) is 0 Å². The molecule has 0 aliphatic rings. The summed E-state index contributed by atoms with van der Waals surface area (Å²) in [6, 6.07) is 9.37. The fourth-order valence-corrected chi connectivity index (χ4v) is 1.81. The Morgan fingerprint density at radius 3 is 2.89 bits per heavy atom. The van der Waals surface area contributed by atoms with Crippen LogP contribution in [0.4, 0.5) is 0 Å². The van der Waals surface area contributed by atoms with Gasteiger partial charge in [0.05, 0.1) is 5.56 Å². The third kappa shape index (κ3) is 1.55. The number of aromatic nitrogens is 3. The van der Waals surface area contributed by atoms with Gasteiger partial charge in [0.25, 0.3) is 0 Å². The van der Waals surface area contributed by atoms with Crippen molar-refractivity contribution < 1.29 is 4.42 Å². The zero-order chi connectivity index (χ0) is 12.5. The highest BCUT2D eigenvalue weighted by atomic mass is 16.3. The molecule has 0 fully saturated rings. The Morgan fingerprint density at radius 2 is 2.17 bits per heavy atom. The largest absolute Gasteiger partial charge is 0.458 e. The van der Waals surface area contributed by atoms with Crippen molar-refractivity contribution in [2.75, 3.05) is 0 Å². The smallest absolute Gasteiger partial charge is 0.204 e. The summed E-state index contributed by atoms with van der Waals surface area (Å²) in [5, 5.41) is 17.1. The molecule has 3 rings (SSSR count). The van der Waals surface area contributed by atoms with E-state index < -0.39 is 0 Å². The molecule has 0 aliphatic carbocycles. The molecule has 0 radical (unpaired) electrons. The number of fused-ring (bicyclic) bond motifs is 1. The van der Waals surface area contributed by atoms with Gasteiger partial charge in [0, 0.05) is 12.6 Å². The number of hydrogen-bond donors (Lipinski definition) is 0. The highest BCUT2D eigenvalue weighted by Crippen LogP contribution is 2.21. The van der Waals surface area contributed by atoms with E-state index in [1.54, 1.807) is 22.7 Å². The minimum Gasteiger partial charge on any atom is -0.458 e. The molecule has 5 nitrogen and oxygen atoms in total. The Balaban J connectivity index is 2.20. The summed E-state index contributed by atoms with van der Waals surface area (Å²) in [7, 11) is 0. The Kier molecular flexibility index (Phi) is 2.34. The molecule has 0 amide bonds. The lowest BCUT2D eigenvalue weighted by atomic mass is 10.3. The van der Waals surface area contributed by atoms with Gasteiger partial charge in [-0.25, -0.2) is 0 Å². The van der Waals surface area contributed by atoms with E-state index in [1.807, 2.05) is 19.1 Å². The van der Waals surface area contributed by atoms with Gasteiger partial charge in [-0.05, 0) is 24.3 Å². The lowest BCUT2D eigenvalue weighted by Crippen LogP contribution is -1.89. The number of nitrogens with zero attached hydrogens (tertiary/aromatic N) is 4. The molecule has 0 aliphatic heterocycles. The lowest BCUT2D eigenvalue weighted by molar-refractivity contribution is 0.525. The van der Waals surface area contributed by atoms with E-state index in [4.69, 9.17) is 9.68 Å². The summed E-state index contributed by atoms with van der Waals surface area (Å²) < 4.78 is 7.41. The average Bonchev–Trinajstić information content (AvgIpc) is 3.03. The molecule has 0 atom stereocenters. The zero-order valence-electron chi connectivity index (χ0n) is 9.79. The molecule has 0 unspecified atom stereocenters.